The number of hydrogen-bond acceptors (Lipinski definition) is 3. The lowest BCUT2D eigenvalue weighted by Gasteiger charge is -2.22. The quantitative estimate of drug-likeness (QED) is 0.511. The maximum atomic E-state index is 11.8. The first kappa shape index (κ1) is 21.7. The number of carbonyl (C=O) groups excluding carboxylic acids is 1. The van der Waals surface area contributed by atoms with E-state index < -0.39 is 0 Å². The smallest absolute Gasteiger partial charge is 0.222 e. The Balaban J connectivity index is 1.51. The Hall–Kier alpha value is -3.02. The van der Waals surface area contributed by atoms with Crippen LogP contribution < -0.4 is 10.1 Å². The second-order valence-electron chi connectivity index (χ2n) is 7.49. The van der Waals surface area contributed by atoms with E-state index in [-0.39, 0.29) is 5.91 Å². The standard InChI is InChI=1S/C24H32N4O2/c1-3-25-24(27(2)16-17-30-22-8-5-4-6-9-22)26-18-20-11-13-21(14-12-20)19-28-15-7-10-23(28)29/h4-6,8-9,11-14H,3,7,10,15-19H2,1-2H3,(H,25,26). The molecule has 6 heteroatoms. The average molecular weight is 409 g/mol. The van der Waals surface area contributed by atoms with E-state index in [1.54, 1.807) is 0 Å². The maximum absolute atomic E-state index is 11.8. The zero-order valence-electron chi connectivity index (χ0n) is 18.0. The summed E-state index contributed by atoms with van der Waals surface area (Å²) in [4.78, 5) is 20.6. The zero-order chi connectivity index (χ0) is 21.2. The predicted molar refractivity (Wildman–Crippen MR) is 120 cm³/mol. The second-order valence-corrected chi connectivity index (χ2v) is 7.49. The molecule has 2 aromatic rings. The van der Waals surface area contributed by atoms with Gasteiger partial charge in [0.25, 0.3) is 0 Å². The summed E-state index contributed by atoms with van der Waals surface area (Å²) in [5, 5.41) is 3.34. The Morgan fingerprint density at radius 1 is 1.13 bits per heavy atom. The summed E-state index contributed by atoms with van der Waals surface area (Å²) >= 11 is 0. The van der Waals surface area contributed by atoms with Gasteiger partial charge < -0.3 is 19.9 Å². The van der Waals surface area contributed by atoms with E-state index >= 15 is 0 Å². The Bertz CT molecular complexity index is 821. The Morgan fingerprint density at radius 3 is 2.53 bits per heavy atom. The summed E-state index contributed by atoms with van der Waals surface area (Å²) in [5.41, 5.74) is 2.32. The number of nitrogens with one attached hydrogen (secondary N) is 1. The fraction of sp³-hybridized carbons (Fsp3) is 0.417. The summed E-state index contributed by atoms with van der Waals surface area (Å²) in [6.07, 6.45) is 1.66. The van der Waals surface area contributed by atoms with Crippen LogP contribution in [0.1, 0.15) is 30.9 Å². The van der Waals surface area contributed by atoms with Gasteiger partial charge in [0.15, 0.2) is 5.96 Å². The number of likely N-dealkylation sites (tertiary alicyclic amines) is 1. The molecular weight excluding hydrogens is 376 g/mol. The van der Waals surface area contributed by atoms with E-state index in [9.17, 15) is 4.79 Å². The van der Waals surface area contributed by atoms with Gasteiger partial charge in [0.1, 0.15) is 12.4 Å². The lowest BCUT2D eigenvalue weighted by molar-refractivity contribution is -0.128. The molecule has 1 amide bonds. The van der Waals surface area contributed by atoms with E-state index in [4.69, 9.17) is 9.73 Å². The highest BCUT2D eigenvalue weighted by molar-refractivity contribution is 5.79. The van der Waals surface area contributed by atoms with Gasteiger partial charge in [-0.1, -0.05) is 42.5 Å². The molecule has 1 aliphatic rings. The number of nitrogens with zero attached hydrogens (tertiary/aromatic N) is 3. The molecule has 30 heavy (non-hydrogen) atoms. The number of rotatable bonds is 9. The Kier molecular flexibility index (Phi) is 8.12. The monoisotopic (exact) mass is 408 g/mol. The second kappa shape index (κ2) is 11.2. The first-order valence-electron chi connectivity index (χ1n) is 10.7. The minimum atomic E-state index is 0.262. The third-order valence-corrected chi connectivity index (χ3v) is 5.11. The summed E-state index contributed by atoms with van der Waals surface area (Å²) in [6.45, 7) is 6.39. The van der Waals surface area contributed by atoms with Crippen molar-refractivity contribution in [3.8, 4) is 5.75 Å². The number of benzene rings is 2. The van der Waals surface area contributed by atoms with Crippen molar-refractivity contribution in [2.45, 2.75) is 32.9 Å². The van der Waals surface area contributed by atoms with Crippen molar-refractivity contribution >= 4 is 11.9 Å². The van der Waals surface area contributed by atoms with Crippen molar-refractivity contribution in [2.75, 3.05) is 33.3 Å². The summed E-state index contributed by atoms with van der Waals surface area (Å²) in [7, 11) is 2.02. The highest BCUT2D eigenvalue weighted by Gasteiger charge is 2.19. The third-order valence-electron chi connectivity index (χ3n) is 5.11. The first-order chi connectivity index (χ1) is 14.7. The van der Waals surface area contributed by atoms with Crippen LogP contribution in [0, 0.1) is 0 Å². The molecule has 160 valence electrons. The molecule has 2 aromatic carbocycles. The molecule has 3 rings (SSSR count). The van der Waals surface area contributed by atoms with Gasteiger partial charge in [-0.25, -0.2) is 4.99 Å². The van der Waals surface area contributed by atoms with Crippen molar-refractivity contribution in [3.63, 3.8) is 0 Å². The summed E-state index contributed by atoms with van der Waals surface area (Å²) in [6, 6.07) is 18.2. The molecule has 0 bridgehead atoms. The molecular formula is C24H32N4O2. The number of para-hydroxylation sites is 1. The molecule has 1 heterocycles. The van der Waals surface area contributed by atoms with Crippen LogP contribution >= 0.6 is 0 Å². The molecule has 0 saturated carbocycles. The van der Waals surface area contributed by atoms with Gasteiger partial charge in [0.05, 0.1) is 13.1 Å². The van der Waals surface area contributed by atoms with Crippen LogP contribution in [0.4, 0.5) is 0 Å². The van der Waals surface area contributed by atoms with Crippen LogP contribution in [0.25, 0.3) is 0 Å². The molecule has 1 saturated heterocycles. The first-order valence-corrected chi connectivity index (χ1v) is 10.7. The van der Waals surface area contributed by atoms with Gasteiger partial charge in [0.2, 0.25) is 5.91 Å². The number of ether oxygens (including phenoxy) is 1. The molecule has 0 unspecified atom stereocenters. The largest absolute Gasteiger partial charge is 0.492 e. The van der Waals surface area contributed by atoms with E-state index in [2.05, 4.69) is 41.4 Å². The normalized spacial score (nSPS) is 14.1. The number of aliphatic imine (C=N–C) groups is 1. The van der Waals surface area contributed by atoms with Gasteiger partial charge in [-0.15, -0.1) is 0 Å². The molecule has 1 N–H and O–H groups in total. The third kappa shape index (κ3) is 6.51. The van der Waals surface area contributed by atoms with Crippen LogP contribution in [0.2, 0.25) is 0 Å². The number of carbonyl (C=O) groups is 1. The Labute approximate surface area is 179 Å². The van der Waals surface area contributed by atoms with E-state index in [0.29, 0.717) is 26.1 Å². The zero-order valence-corrected chi connectivity index (χ0v) is 18.0. The lowest BCUT2D eigenvalue weighted by Crippen LogP contribution is -2.40. The average Bonchev–Trinajstić information content (AvgIpc) is 3.17. The highest BCUT2D eigenvalue weighted by atomic mass is 16.5. The number of hydrogen-bond donors (Lipinski definition) is 1. The van der Waals surface area contributed by atoms with Crippen molar-refractivity contribution in [3.05, 3.63) is 65.7 Å². The summed E-state index contributed by atoms with van der Waals surface area (Å²) in [5.74, 6) is 2.00. The number of amides is 1. The molecule has 6 nitrogen and oxygen atoms in total. The van der Waals surface area contributed by atoms with Crippen molar-refractivity contribution < 1.29 is 9.53 Å². The topological polar surface area (TPSA) is 57.2 Å². The minimum absolute atomic E-state index is 0.262. The van der Waals surface area contributed by atoms with Gasteiger partial charge >= 0.3 is 0 Å². The predicted octanol–water partition coefficient (Wildman–Crippen LogP) is 3.29. The van der Waals surface area contributed by atoms with Gasteiger partial charge in [-0.2, -0.15) is 0 Å². The van der Waals surface area contributed by atoms with E-state index in [0.717, 1.165) is 43.3 Å². The van der Waals surface area contributed by atoms with Gasteiger partial charge in [0, 0.05) is 33.1 Å². The fourth-order valence-electron chi connectivity index (χ4n) is 3.40. The van der Waals surface area contributed by atoms with Gasteiger partial charge in [-0.3, -0.25) is 4.79 Å². The van der Waals surface area contributed by atoms with Crippen molar-refractivity contribution in [1.29, 1.82) is 0 Å². The number of likely N-dealkylation sites (N-methyl/N-ethyl adjacent to an activating group) is 1. The maximum Gasteiger partial charge on any atom is 0.222 e. The molecule has 0 aliphatic carbocycles. The summed E-state index contributed by atoms with van der Waals surface area (Å²) < 4.78 is 5.79. The number of guanidine groups is 1. The van der Waals surface area contributed by atoms with Crippen molar-refractivity contribution in [1.82, 2.24) is 15.1 Å². The van der Waals surface area contributed by atoms with Crippen LogP contribution in [0.3, 0.4) is 0 Å². The molecule has 1 fully saturated rings. The van der Waals surface area contributed by atoms with Crippen molar-refractivity contribution in [2.24, 2.45) is 4.99 Å². The molecule has 0 aromatic heterocycles. The van der Waals surface area contributed by atoms with E-state index in [1.165, 1.54) is 5.56 Å². The van der Waals surface area contributed by atoms with Gasteiger partial charge in [-0.05, 0) is 36.6 Å². The van der Waals surface area contributed by atoms with Crippen LogP contribution in [-0.4, -0.2) is 55.0 Å². The molecule has 1 aliphatic heterocycles. The minimum Gasteiger partial charge on any atom is -0.492 e. The molecule has 0 spiro atoms. The fourth-order valence-corrected chi connectivity index (χ4v) is 3.40. The lowest BCUT2D eigenvalue weighted by atomic mass is 10.1. The van der Waals surface area contributed by atoms with E-state index in [1.807, 2.05) is 42.3 Å². The molecule has 0 radical (unpaired) electrons. The highest BCUT2D eigenvalue weighted by Crippen LogP contribution is 2.15. The molecule has 0 atom stereocenters. The Morgan fingerprint density at radius 2 is 1.87 bits per heavy atom. The van der Waals surface area contributed by atoms with Crippen LogP contribution in [0.5, 0.6) is 5.75 Å². The SMILES string of the molecule is CCNC(=NCc1ccc(CN2CCCC2=O)cc1)N(C)CCOc1ccccc1. The van der Waals surface area contributed by atoms with Crippen LogP contribution in [-0.2, 0) is 17.9 Å². The van der Waals surface area contributed by atoms with Crippen LogP contribution in [0.15, 0.2) is 59.6 Å².